The van der Waals surface area contributed by atoms with Crippen LogP contribution in [-0.2, 0) is 19.1 Å². The van der Waals surface area contributed by atoms with Gasteiger partial charge in [0.2, 0.25) is 0 Å². The predicted molar refractivity (Wildman–Crippen MR) is 141 cm³/mol. The van der Waals surface area contributed by atoms with Gasteiger partial charge in [-0.05, 0) is 30.7 Å². The lowest BCUT2D eigenvalue weighted by atomic mass is 9.96. The van der Waals surface area contributed by atoms with Gasteiger partial charge >= 0.3 is 11.9 Å². The third-order valence-corrected chi connectivity index (χ3v) is 7.34. The topological polar surface area (TPSA) is 107 Å². The summed E-state index contributed by atoms with van der Waals surface area (Å²) in [6.07, 6.45) is 1.45. The molecule has 1 aromatic heterocycles. The Morgan fingerprint density at radius 2 is 1.84 bits per heavy atom. The van der Waals surface area contributed by atoms with E-state index in [2.05, 4.69) is 11.6 Å². The van der Waals surface area contributed by atoms with Crippen LogP contribution in [0.3, 0.4) is 0 Å². The van der Waals surface area contributed by atoms with E-state index < -0.39 is 23.5 Å². The van der Waals surface area contributed by atoms with E-state index in [1.165, 1.54) is 22.5 Å². The number of carbonyl (C=O) groups excluding carboxylic acids is 3. The zero-order valence-corrected chi connectivity index (χ0v) is 21.7. The molecule has 1 amide bonds. The van der Waals surface area contributed by atoms with Crippen LogP contribution in [0.4, 0.5) is 5.69 Å². The minimum absolute atomic E-state index is 0.0140. The van der Waals surface area contributed by atoms with Gasteiger partial charge in [0.1, 0.15) is 16.9 Å². The molecule has 0 bridgehead atoms. The predicted octanol–water partition coefficient (Wildman–Crippen LogP) is 2.24. The zero-order valence-electron chi connectivity index (χ0n) is 20.9. The lowest BCUT2D eigenvalue weighted by Crippen LogP contribution is -2.40. The Kier molecular flexibility index (Phi) is 6.41. The third-order valence-electron chi connectivity index (χ3n) is 6.29. The molecule has 0 saturated heterocycles. The Bertz CT molecular complexity index is 1730. The number of benzene rings is 2. The number of likely N-dealkylation sites (N-methyl/N-ethyl adjacent to an activating group) is 1. The highest BCUT2D eigenvalue weighted by molar-refractivity contribution is 7.07. The first-order valence-electron chi connectivity index (χ1n) is 11.7. The molecule has 2 aliphatic heterocycles. The van der Waals surface area contributed by atoms with E-state index in [4.69, 9.17) is 9.47 Å². The molecule has 192 valence electrons. The van der Waals surface area contributed by atoms with E-state index in [-0.39, 0.29) is 22.6 Å². The van der Waals surface area contributed by atoms with Crippen molar-refractivity contribution in [2.75, 3.05) is 18.6 Å². The molecule has 2 aliphatic rings. The Hall–Kier alpha value is -4.57. The Morgan fingerprint density at radius 3 is 2.53 bits per heavy atom. The minimum atomic E-state index is -0.881. The summed E-state index contributed by atoms with van der Waals surface area (Å²) in [5.74, 6) is -1.08. The molecule has 3 heterocycles. The second-order valence-electron chi connectivity index (χ2n) is 8.71. The molecule has 38 heavy (non-hydrogen) atoms. The van der Waals surface area contributed by atoms with E-state index in [9.17, 15) is 19.2 Å². The van der Waals surface area contributed by atoms with Gasteiger partial charge in [0.25, 0.3) is 11.5 Å². The number of ether oxygens (including phenoxy) is 2. The summed E-state index contributed by atoms with van der Waals surface area (Å²) < 4.78 is 12.1. The van der Waals surface area contributed by atoms with Gasteiger partial charge in [-0.3, -0.25) is 19.0 Å². The largest absolute Gasteiger partial charge is 0.458 e. The maximum Gasteiger partial charge on any atom is 0.338 e. The molecule has 0 fully saturated rings. The quantitative estimate of drug-likeness (QED) is 0.285. The summed E-state index contributed by atoms with van der Waals surface area (Å²) in [6, 6.07) is 12.9. The molecule has 0 spiro atoms. The number of hydrogen-bond acceptors (Lipinski definition) is 8. The smallest absolute Gasteiger partial charge is 0.338 e. The Balaban J connectivity index is 1.76. The van der Waals surface area contributed by atoms with Crippen LogP contribution in [0, 0.1) is 0 Å². The highest BCUT2D eigenvalue weighted by atomic mass is 32.1. The first-order chi connectivity index (χ1) is 18.2. The summed E-state index contributed by atoms with van der Waals surface area (Å²) >= 11 is 1.10. The van der Waals surface area contributed by atoms with Crippen molar-refractivity contribution in [3.8, 4) is 5.75 Å². The van der Waals surface area contributed by atoms with Crippen LogP contribution in [-0.4, -0.2) is 36.1 Å². The Labute approximate surface area is 221 Å². The third kappa shape index (κ3) is 4.08. The summed E-state index contributed by atoms with van der Waals surface area (Å²) in [5.41, 5.74) is 2.38. The van der Waals surface area contributed by atoms with Crippen LogP contribution >= 0.6 is 11.3 Å². The van der Waals surface area contributed by atoms with Crippen molar-refractivity contribution in [3.63, 3.8) is 0 Å². The van der Waals surface area contributed by atoms with Crippen LogP contribution in [0.2, 0.25) is 0 Å². The highest BCUT2D eigenvalue weighted by Gasteiger charge is 2.36. The van der Waals surface area contributed by atoms with Crippen molar-refractivity contribution < 1.29 is 23.9 Å². The van der Waals surface area contributed by atoms with Crippen LogP contribution in [0.15, 0.2) is 82.2 Å². The highest BCUT2D eigenvalue weighted by Crippen LogP contribution is 2.35. The van der Waals surface area contributed by atoms with Crippen molar-refractivity contribution in [2.45, 2.75) is 19.9 Å². The van der Waals surface area contributed by atoms with Crippen LogP contribution < -0.4 is 24.5 Å². The maximum absolute atomic E-state index is 14.0. The lowest BCUT2D eigenvalue weighted by Gasteiger charge is -2.24. The number of hydrogen-bond donors (Lipinski definition) is 0. The van der Waals surface area contributed by atoms with Gasteiger partial charge in [0.15, 0.2) is 4.80 Å². The van der Waals surface area contributed by atoms with E-state index in [0.29, 0.717) is 38.6 Å². The van der Waals surface area contributed by atoms with Crippen LogP contribution in [0.5, 0.6) is 5.75 Å². The van der Waals surface area contributed by atoms with Crippen molar-refractivity contribution >= 4 is 40.4 Å². The molecule has 9 nitrogen and oxygen atoms in total. The number of thiazole rings is 1. The van der Waals surface area contributed by atoms with E-state index in [1.807, 2.05) is 18.2 Å². The first kappa shape index (κ1) is 25.1. The number of nitrogens with zero attached hydrogens (tertiary/aromatic N) is 3. The molecular formula is C28H23N3O6S. The second kappa shape index (κ2) is 9.71. The first-order valence-corrected chi connectivity index (χ1v) is 12.5. The van der Waals surface area contributed by atoms with E-state index in [1.54, 1.807) is 44.3 Å². The van der Waals surface area contributed by atoms with Crippen molar-refractivity contribution in [1.29, 1.82) is 0 Å². The maximum atomic E-state index is 14.0. The summed E-state index contributed by atoms with van der Waals surface area (Å²) in [4.78, 5) is 58.2. The number of anilines is 1. The number of para-hydroxylation sites is 1. The number of carbonyl (C=O) groups is 3. The molecule has 5 rings (SSSR count). The molecule has 1 atom stereocenters. The fourth-order valence-electron chi connectivity index (χ4n) is 4.63. The van der Waals surface area contributed by atoms with Crippen molar-refractivity contribution in [2.24, 2.45) is 4.99 Å². The Morgan fingerprint density at radius 1 is 1.13 bits per heavy atom. The SMILES string of the molecule is C=CCOC(=O)C1=C(C)N=c2s/c(=C3/C(=O)N(C)c4ccccc43)c(=O)n2C1c1ccc(OC(C)=O)cc1. The number of amides is 1. The second-order valence-corrected chi connectivity index (χ2v) is 9.69. The molecule has 3 aromatic rings. The molecular weight excluding hydrogens is 506 g/mol. The zero-order chi connectivity index (χ0) is 27.1. The standard InChI is InChI=1S/C28H23N3O6S/c1-5-14-36-27(35)21-15(2)29-28-31(23(21)17-10-12-18(13-11-17)37-16(3)32)26(34)24(38-28)22-19-8-6-7-9-20(19)30(4)25(22)33/h5-13,23H,1,14H2,2-4H3/b24-22+. The number of allylic oxidation sites excluding steroid dienone is 1. The van der Waals surface area contributed by atoms with Gasteiger partial charge in [-0.1, -0.05) is 54.3 Å². The normalized spacial score (nSPS) is 17.5. The van der Waals surface area contributed by atoms with Crippen LogP contribution in [0.1, 0.15) is 31.0 Å². The fourth-order valence-corrected chi connectivity index (χ4v) is 5.77. The van der Waals surface area contributed by atoms with Gasteiger partial charge in [-0.25, -0.2) is 9.79 Å². The van der Waals surface area contributed by atoms with Gasteiger partial charge in [0.05, 0.1) is 28.6 Å². The molecule has 0 N–H and O–H groups in total. The summed E-state index contributed by atoms with van der Waals surface area (Å²) in [6.45, 7) is 6.55. The van der Waals surface area contributed by atoms with Crippen LogP contribution in [0.25, 0.3) is 5.57 Å². The van der Waals surface area contributed by atoms with E-state index >= 15 is 0 Å². The monoisotopic (exact) mass is 529 g/mol. The molecule has 0 saturated carbocycles. The lowest BCUT2D eigenvalue weighted by molar-refractivity contribution is -0.138. The van der Waals surface area contributed by atoms with Gasteiger partial charge in [-0.2, -0.15) is 0 Å². The molecule has 2 aromatic carbocycles. The summed E-state index contributed by atoms with van der Waals surface area (Å²) in [5, 5.41) is 0. The van der Waals surface area contributed by atoms with Gasteiger partial charge < -0.3 is 14.4 Å². The molecule has 10 heteroatoms. The molecule has 0 radical (unpaired) electrons. The number of fused-ring (bicyclic) bond motifs is 2. The minimum Gasteiger partial charge on any atom is -0.458 e. The number of rotatable bonds is 5. The molecule has 1 unspecified atom stereocenters. The fraction of sp³-hybridized carbons (Fsp3) is 0.179. The van der Waals surface area contributed by atoms with Crippen molar-refractivity contribution in [1.82, 2.24) is 4.57 Å². The van der Waals surface area contributed by atoms with Gasteiger partial charge in [-0.15, -0.1) is 0 Å². The number of aromatic nitrogens is 1. The average molecular weight is 530 g/mol. The molecule has 0 aliphatic carbocycles. The summed E-state index contributed by atoms with van der Waals surface area (Å²) in [7, 11) is 1.66. The number of esters is 2. The van der Waals surface area contributed by atoms with Crippen molar-refractivity contribution in [3.05, 3.63) is 103 Å². The van der Waals surface area contributed by atoms with E-state index in [0.717, 1.165) is 11.3 Å². The average Bonchev–Trinajstić information content (AvgIpc) is 3.34. The van der Waals surface area contributed by atoms with Gasteiger partial charge in [0, 0.05) is 19.5 Å².